The number of amides is 1. The van der Waals surface area contributed by atoms with Crippen LogP contribution < -0.4 is 5.32 Å². The van der Waals surface area contributed by atoms with Crippen LogP contribution in [0.2, 0.25) is 0 Å². The molecule has 1 amide bonds. The maximum atomic E-state index is 13.4. The normalized spacial score (nSPS) is 11.4. The fourth-order valence-corrected chi connectivity index (χ4v) is 5.39. The van der Waals surface area contributed by atoms with Gasteiger partial charge in [0.2, 0.25) is 0 Å². The number of carbonyl (C=O) groups is 4. The SMILES string of the molecule is CCOC(=O)C(CCOC(=O)Cc1cccc(NC(=O)c2ccccc2-c2ccc(C(F)(F)F)cc2)c1C)(C(=O)OCC)c1ccccc1. The average Bonchev–Trinajstić information content (AvgIpc) is 3.08. The molecule has 0 unspecified atom stereocenters. The lowest BCUT2D eigenvalue weighted by atomic mass is 9.77. The van der Waals surface area contributed by atoms with E-state index in [2.05, 4.69) is 5.32 Å². The van der Waals surface area contributed by atoms with Gasteiger partial charge in [0.1, 0.15) is 0 Å². The fraction of sp³-hybridized carbons (Fsp3) is 0.263. The summed E-state index contributed by atoms with van der Waals surface area (Å²) < 4.78 is 55.3. The van der Waals surface area contributed by atoms with E-state index in [1.54, 1.807) is 93.6 Å². The van der Waals surface area contributed by atoms with Crippen molar-refractivity contribution in [1.29, 1.82) is 0 Å². The number of anilines is 1. The molecule has 0 heterocycles. The smallest absolute Gasteiger partial charge is 0.416 e. The van der Waals surface area contributed by atoms with Crippen molar-refractivity contribution in [2.24, 2.45) is 0 Å². The monoisotopic (exact) mass is 675 g/mol. The third kappa shape index (κ3) is 8.53. The van der Waals surface area contributed by atoms with Crippen LogP contribution in [0.1, 0.15) is 52.9 Å². The standard InChI is InChI=1S/C38H36F3NO7/c1-4-47-35(45)37(36(46)48-5-2,28-13-7-6-8-14-28)22-23-49-33(43)24-27-12-11-17-32(25(27)3)42-34(44)31-16-10-9-15-30(31)26-18-20-29(21-19-26)38(39,40)41/h6-21H,4-5,22-24H2,1-3H3,(H,42,44). The van der Waals surface area contributed by atoms with Crippen molar-refractivity contribution < 1.29 is 46.6 Å². The van der Waals surface area contributed by atoms with Gasteiger partial charge in [-0.25, -0.2) is 0 Å². The molecule has 8 nitrogen and oxygen atoms in total. The van der Waals surface area contributed by atoms with E-state index in [1.807, 2.05) is 0 Å². The predicted molar refractivity (Wildman–Crippen MR) is 177 cm³/mol. The maximum Gasteiger partial charge on any atom is 0.416 e. The molecule has 4 aromatic carbocycles. The van der Waals surface area contributed by atoms with E-state index in [0.29, 0.717) is 33.5 Å². The molecule has 0 spiro atoms. The lowest BCUT2D eigenvalue weighted by molar-refractivity contribution is -0.167. The second kappa shape index (κ2) is 16.1. The van der Waals surface area contributed by atoms with Gasteiger partial charge in [-0.1, -0.05) is 72.8 Å². The number of ether oxygens (including phenoxy) is 3. The molecule has 0 bridgehead atoms. The molecule has 4 aromatic rings. The second-order valence-electron chi connectivity index (χ2n) is 11.0. The number of halogens is 3. The highest BCUT2D eigenvalue weighted by Crippen LogP contribution is 2.34. The van der Waals surface area contributed by atoms with Crippen LogP contribution in [-0.4, -0.2) is 43.6 Å². The van der Waals surface area contributed by atoms with Crippen molar-refractivity contribution in [3.63, 3.8) is 0 Å². The second-order valence-corrected chi connectivity index (χ2v) is 11.0. The summed E-state index contributed by atoms with van der Waals surface area (Å²) in [6.45, 7) is 4.73. The zero-order valence-electron chi connectivity index (χ0n) is 27.3. The Morgan fingerprint density at radius 1 is 0.694 bits per heavy atom. The molecule has 0 aliphatic carbocycles. The fourth-order valence-electron chi connectivity index (χ4n) is 5.39. The number of hydrogen-bond acceptors (Lipinski definition) is 7. The number of carbonyl (C=O) groups excluding carboxylic acids is 4. The van der Waals surface area contributed by atoms with Crippen LogP contribution in [0.15, 0.2) is 97.1 Å². The molecule has 0 aromatic heterocycles. The predicted octanol–water partition coefficient (Wildman–Crippen LogP) is 7.47. The summed E-state index contributed by atoms with van der Waals surface area (Å²) in [5.41, 5.74) is 0.421. The molecular formula is C38H36F3NO7. The molecule has 4 rings (SSSR count). The van der Waals surface area contributed by atoms with E-state index in [9.17, 15) is 32.3 Å². The molecule has 256 valence electrons. The molecule has 0 aliphatic rings. The summed E-state index contributed by atoms with van der Waals surface area (Å²) in [5.74, 6) is -2.74. The summed E-state index contributed by atoms with van der Waals surface area (Å²) in [4.78, 5) is 52.9. The molecule has 49 heavy (non-hydrogen) atoms. The Balaban J connectivity index is 1.48. The van der Waals surface area contributed by atoms with Crippen LogP contribution >= 0.6 is 0 Å². The zero-order valence-corrected chi connectivity index (χ0v) is 27.3. The zero-order chi connectivity index (χ0) is 35.6. The Bertz CT molecular complexity index is 1770. The number of esters is 3. The minimum Gasteiger partial charge on any atom is -0.465 e. The summed E-state index contributed by atoms with van der Waals surface area (Å²) in [5, 5.41) is 2.84. The van der Waals surface area contributed by atoms with Crippen LogP contribution in [0.5, 0.6) is 0 Å². The average molecular weight is 676 g/mol. The third-order valence-corrected chi connectivity index (χ3v) is 7.98. The summed E-state index contributed by atoms with van der Waals surface area (Å²) in [6.07, 6.45) is -4.87. The van der Waals surface area contributed by atoms with Gasteiger partial charge >= 0.3 is 24.1 Å². The maximum absolute atomic E-state index is 13.4. The van der Waals surface area contributed by atoms with Crippen LogP contribution in [0.3, 0.4) is 0 Å². The van der Waals surface area contributed by atoms with Gasteiger partial charge in [0.05, 0.1) is 31.8 Å². The largest absolute Gasteiger partial charge is 0.465 e. The Morgan fingerprint density at radius 2 is 1.31 bits per heavy atom. The van der Waals surface area contributed by atoms with Gasteiger partial charge in [-0.05, 0) is 72.9 Å². The van der Waals surface area contributed by atoms with Gasteiger partial charge in [-0.3, -0.25) is 19.2 Å². The van der Waals surface area contributed by atoms with Crippen LogP contribution in [0.25, 0.3) is 11.1 Å². The highest BCUT2D eigenvalue weighted by molar-refractivity contribution is 6.09. The number of benzene rings is 4. The minimum atomic E-state index is -4.48. The lowest BCUT2D eigenvalue weighted by Crippen LogP contribution is -2.47. The molecule has 0 saturated carbocycles. The van der Waals surface area contributed by atoms with Crippen molar-refractivity contribution in [3.05, 3.63) is 125 Å². The molecule has 0 atom stereocenters. The van der Waals surface area contributed by atoms with E-state index < -0.39 is 41.0 Å². The van der Waals surface area contributed by atoms with E-state index in [0.717, 1.165) is 12.1 Å². The topological polar surface area (TPSA) is 108 Å². The van der Waals surface area contributed by atoms with Crippen molar-refractivity contribution in [3.8, 4) is 11.1 Å². The molecule has 0 aliphatic heterocycles. The number of hydrogen-bond donors (Lipinski definition) is 1. The first-order valence-electron chi connectivity index (χ1n) is 15.6. The molecule has 11 heteroatoms. The van der Waals surface area contributed by atoms with Gasteiger partial charge < -0.3 is 19.5 Å². The Labute approximate surface area is 282 Å². The van der Waals surface area contributed by atoms with Gasteiger partial charge in [-0.15, -0.1) is 0 Å². The first kappa shape index (κ1) is 36.4. The Kier molecular flexibility index (Phi) is 12.0. The number of nitrogens with one attached hydrogen (secondary N) is 1. The van der Waals surface area contributed by atoms with Gasteiger partial charge in [0.25, 0.3) is 5.91 Å². The Hall–Kier alpha value is -5.45. The van der Waals surface area contributed by atoms with E-state index >= 15 is 0 Å². The van der Waals surface area contributed by atoms with Crippen LogP contribution in [-0.2, 0) is 46.6 Å². The Morgan fingerprint density at radius 3 is 1.92 bits per heavy atom. The van der Waals surface area contributed by atoms with Gasteiger partial charge in [-0.2, -0.15) is 13.2 Å². The van der Waals surface area contributed by atoms with Crippen molar-refractivity contribution in [2.75, 3.05) is 25.1 Å². The number of alkyl halides is 3. The van der Waals surface area contributed by atoms with E-state index in [4.69, 9.17) is 14.2 Å². The van der Waals surface area contributed by atoms with Crippen LogP contribution in [0, 0.1) is 6.92 Å². The van der Waals surface area contributed by atoms with Gasteiger partial charge in [0, 0.05) is 17.7 Å². The molecule has 1 N–H and O–H groups in total. The summed E-state index contributed by atoms with van der Waals surface area (Å²) >= 11 is 0. The van der Waals surface area contributed by atoms with Gasteiger partial charge in [0.15, 0.2) is 5.41 Å². The summed E-state index contributed by atoms with van der Waals surface area (Å²) in [7, 11) is 0. The van der Waals surface area contributed by atoms with Crippen molar-refractivity contribution in [1.82, 2.24) is 0 Å². The van der Waals surface area contributed by atoms with Crippen molar-refractivity contribution in [2.45, 2.75) is 45.2 Å². The van der Waals surface area contributed by atoms with Crippen molar-refractivity contribution >= 4 is 29.5 Å². The summed E-state index contributed by atoms with van der Waals surface area (Å²) in [6, 6.07) is 24.5. The van der Waals surface area contributed by atoms with E-state index in [-0.39, 0.29) is 38.2 Å². The number of rotatable bonds is 13. The van der Waals surface area contributed by atoms with Crippen LogP contribution in [0.4, 0.5) is 18.9 Å². The third-order valence-electron chi connectivity index (χ3n) is 7.98. The highest BCUT2D eigenvalue weighted by Gasteiger charge is 2.50. The molecule has 0 fully saturated rings. The highest BCUT2D eigenvalue weighted by atomic mass is 19.4. The quantitative estimate of drug-likeness (QED) is 0.0890. The lowest BCUT2D eigenvalue weighted by Gasteiger charge is -2.29. The van der Waals surface area contributed by atoms with E-state index in [1.165, 1.54) is 12.1 Å². The molecule has 0 radical (unpaired) electrons. The molecular weight excluding hydrogens is 639 g/mol. The first-order valence-corrected chi connectivity index (χ1v) is 15.6. The minimum absolute atomic E-state index is 0.0272. The first-order chi connectivity index (χ1) is 23.4. The molecule has 0 saturated heterocycles.